The van der Waals surface area contributed by atoms with Crippen molar-refractivity contribution in [1.82, 2.24) is 14.8 Å². The fourth-order valence-electron chi connectivity index (χ4n) is 2.67. The van der Waals surface area contributed by atoms with Crippen LogP contribution in [0.1, 0.15) is 19.4 Å². The lowest BCUT2D eigenvalue weighted by Crippen LogP contribution is -2.32. The average molecular weight is 306 g/mol. The molecule has 2 aromatic carbocycles. The van der Waals surface area contributed by atoms with E-state index in [2.05, 4.69) is 69.9 Å². The lowest BCUT2D eigenvalue weighted by Gasteiger charge is -2.27. The van der Waals surface area contributed by atoms with E-state index in [1.807, 2.05) is 31.3 Å². The van der Waals surface area contributed by atoms with Gasteiger partial charge >= 0.3 is 0 Å². The van der Waals surface area contributed by atoms with Crippen LogP contribution < -0.4 is 4.90 Å². The molecule has 1 aromatic heterocycles. The molecule has 0 spiro atoms. The molecule has 3 rings (SSSR count). The van der Waals surface area contributed by atoms with Gasteiger partial charge in [-0.2, -0.15) is 0 Å². The van der Waals surface area contributed by atoms with Crippen LogP contribution in [0, 0.1) is 0 Å². The van der Waals surface area contributed by atoms with Gasteiger partial charge in [-0.3, -0.25) is 4.57 Å². The second-order valence-corrected chi connectivity index (χ2v) is 5.96. The summed E-state index contributed by atoms with van der Waals surface area (Å²) in [5, 5.41) is 8.85. The van der Waals surface area contributed by atoms with Gasteiger partial charge in [0, 0.05) is 25.2 Å². The summed E-state index contributed by atoms with van der Waals surface area (Å²) in [4.78, 5) is 2.27. The topological polar surface area (TPSA) is 34.0 Å². The molecule has 118 valence electrons. The molecule has 0 aliphatic carbocycles. The highest BCUT2D eigenvalue weighted by Crippen LogP contribution is 2.23. The third-order valence-electron chi connectivity index (χ3n) is 3.96. The molecular formula is C19H22N4. The Labute approximate surface area is 137 Å². The molecule has 0 fully saturated rings. The lowest BCUT2D eigenvalue weighted by molar-refractivity contribution is 0.644. The highest BCUT2D eigenvalue weighted by Gasteiger charge is 2.19. The monoisotopic (exact) mass is 306 g/mol. The van der Waals surface area contributed by atoms with Gasteiger partial charge in [0.2, 0.25) is 5.95 Å². The fourth-order valence-corrected chi connectivity index (χ4v) is 2.67. The first-order valence-corrected chi connectivity index (χ1v) is 7.92. The highest BCUT2D eigenvalue weighted by atomic mass is 15.4. The van der Waals surface area contributed by atoms with E-state index < -0.39 is 0 Å². The molecule has 1 heterocycles. The van der Waals surface area contributed by atoms with Gasteiger partial charge in [0.05, 0.1) is 0 Å². The van der Waals surface area contributed by atoms with Crippen molar-refractivity contribution in [3.8, 4) is 11.4 Å². The van der Waals surface area contributed by atoms with E-state index in [-0.39, 0.29) is 0 Å². The summed E-state index contributed by atoms with van der Waals surface area (Å²) in [6.07, 6.45) is 0. The molecule has 0 aliphatic rings. The number of rotatable bonds is 5. The van der Waals surface area contributed by atoms with E-state index in [0.29, 0.717) is 6.04 Å². The van der Waals surface area contributed by atoms with Crippen molar-refractivity contribution in [3.63, 3.8) is 0 Å². The Hall–Kier alpha value is -2.62. The summed E-state index contributed by atoms with van der Waals surface area (Å²) < 4.78 is 2.07. The van der Waals surface area contributed by atoms with Crippen LogP contribution in [-0.2, 0) is 13.6 Å². The van der Waals surface area contributed by atoms with E-state index in [1.54, 1.807) is 0 Å². The first kappa shape index (κ1) is 15.3. The van der Waals surface area contributed by atoms with E-state index in [1.165, 1.54) is 5.56 Å². The summed E-state index contributed by atoms with van der Waals surface area (Å²) >= 11 is 0. The van der Waals surface area contributed by atoms with Crippen LogP contribution in [0.2, 0.25) is 0 Å². The number of benzene rings is 2. The Balaban J connectivity index is 1.94. The minimum Gasteiger partial charge on any atom is -0.334 e. The Morgan fingerprint density at radius 2 is 1.52 bits per heavy atom. The molecule has 0 N–H and O–H groups in total. The first-order chi connectivity index (χ1) is 11.2. The summed E-state index contributed by atoms with van der Waals surface area (Å²) in [6, 6.07) is 21.0. The molecule has 0 unspecified atom stereocenters. The van der Waals surface area contributed by atoms with E-state index in [9.17, 15) is 0 Å². The smallest absolute Gasteiger partial charge is 0.227 e. The van der Waals surface area contributed by atoms with Crippen LogP contribution in [0.4, 0.5) is 5.95 Å². The van der Waals surface area contributed by atoms with Gasteiger partial charge in [-0.1, -0.05) is 60.7 Å². The van der Waals surface area contributed by atoms with Gasteiger partial charge in [-0.15, -0.1) is 10.2 Å². The minimum atomic E-state index is 0.335. The molecule has 0 saturated heterocycles. The van der Waals surface area contributed by atoms with Crippen molar-refractivity contribution in [3.05, 3.63) is 66.2 Å². The van der Waals surface area contributed by atoms with Gasteiger partial charge < -0.3 is 4.90 Å². The summed E-state index contributed by atoms with van der Waals surface area (Å²) in [6.45, 7) is 5.18. The largest absolute Gasteiger partial charge is 0.334 e. The maximum Gasteiger partial charge on any atom is 0.227 e. The molecule has 0 bridgehead atoms. The molecule has 4 nitrogen and oxygen atoms in total. The third-order valence-corrected chi connectivity index (χ3v) is 3.96. The highest BCUT2D eigenvalue weighted by molar-refractivity contribution is 5.57. The predicted molar refractivity (Wildman–Crippen MR) is 94.2 cm³/mol. The maximum atomic E-state index is 4.45. The van der Waals surface area contributed by atoms with Crippen molar-refractivity contribution >= 4 is 5.95 Å². The fraction of sp³-hybridized carbons (Fsp3) is 0.263. The van der Waals surface area contributed by atoms with Crippen molar-refractivity contribution < 1.29 is 0 Å². The quantitative estimate of drug-likeness (QED) is 0.717. The van der Waals surface area contributed by atoms with Crippen LogP contribution in [0.25, 0.3) is 11.4 Å². The molecule has 0 aliphatic heterocycles. The molecule has 3 aromatic rings. The van der Waals surface area contributed by atoms with Crippen LogP contribution in [0.3, 0.4) is 0 Å². The van der Waals surface area contributed by atoms with Gasteiger partial charge in [0.1, 0.15) is 0 Å². The SMILES string of the molecule is CC(C)N(Cc1ccccc1)c1nnc(-c2ccccc2)n1C. The molecular weight excluding hydrogens is 284 g/mol. The van der Waals surface area contributed by atoms with Gasteiger partial charge in [-0.25, -0.2) is 0 Å². The summed E-state index contributed by atoms with van der Waals surface area (Å²) in [5.74, 6) is 1.78. The molecule has 23 heavy (non-hydrogen) atoms. The van der Waals surface area contributed by atoms with Crippen molar-refractivity contribution in [2.24, 2.45) is 7.05 Å². The summed E-state index contributed by atoms with van der Waals surface area (Å²) in [5.41, 5.74) is 2.35. The van der Waals surface area contributed by atoms with E-state index >= 15 is 0 Å². The Morgan fingerprint density at radius 3 is 2.13 bits per heavy atom. The van der Waals surface area contributed by atoms with Crippen molar-refractivity contribution in [2.45, 2.75) is 26.4 Å². The zero-order valence-corrected chi connectivity index (χ0v) is 13.8. The third kappa shape index (κ3) is 3.26. The number of nitrogens with zero attached hydrogens (tertiary/aromatic N) is 4. The van der Waals surface area contributed by atoms with Crippen LogP contribution in [0.5, 0.6) is 0 Å². The Bertz CT molecular complexity index is 748. The van der Waals surface area contributed by atoms with Gasteiger partial charge in [0.15, 0.2) is 5.82 Å². The van der Waals surface area contributed by atoms with Crippen LogP contribution in [-0.4, -0.2) is 20.8 Å². The lowest BCUT2D eigenvalue weighted by atomic mass is 10.2. The molecule has 0 saturated carbocycles. The van der Waals surface area contributed by atoms with Crippen molar-refractivity contribution in [2.75, 3.05) is 4.90 Å². The molecule has 0 amide bonds. The standard InChI is InChI=1S/C19H22N4/c1-15(2)23(14-16-10-6-4-7-11-16)19-21-20-18(22(19)3)17-12-8-5-9-13-17/h4-13,15H,14H2,1-3H3. The minimum absolute atomic E-state index is 0.335. The van der Waals surface area contributed by atoms with Crippen molar-refractivity contribution in [1.29, 1.82) is 0 Å². The number of hydrogen-bond acceptors (Lipinski definition) is 3. The zero-order valence-electron chi connectivity index (χ0n) is 13.8. The zero-order chi connectivity index (χ0) is 16.2. The summed E-state index contributed by atoms with van der Waals surface area (Å²) in [7, 11) is 2.03. The van der Waals surface area contributed by atoms with Crippen LogP contribution >= 0.6 is 0 Å². The van der Waals surface area contributed by atoms with Gasteiger partial charge in [0.25, 0.3) is 0 Å². The molecule has 0 atom stereocenters. The number of hydrogen-bond donors (Lipinski definition) is 0. The second kappa shape index (κ2) is 6.65. The van der Waals surface area contributed by atoms with E-state index in [0.717, 1.165) is 23.9 Å². The second-order valence-electron chi connectivity index (χ2n) is 5.96. The Morgan fingerprint density at radius 1 is 0.913 bits per heavy atom. The predicted octanol–water partition coefficient (Wildman–Crippen LogP) is 3.90. The molecule has 4 heteroatoms. The first-order valence-electron chi connectivity index (χ1n) is 7.92. The number of aromatic nitrogens is 3. The van der Waals surface area contributed by atoms with Crippen LogP contribution in [0.15, 0.2) is 60.7 Å². The average Bonchev–Trinajstić information content (AvgIpc) is 2.95. The Kier molecular flexibility index (Phi) is 4.42. The maximum absolute atomic E-state index is 4.45. The van der Waals surface area contributed by atoms with Gasteiger partial charge in [-0.05, 0) is 19.4 Å². The normalized spacial score (nSPS) is 11.0. The molecule has 0 radical (unpaired) electrons. The number of anilines is 1. The van der Waals surface area contributed by atoms with E-state index in [4.69, 9.17) is 0 Å².